The molecule has 2 heterocycles. The summed E-state index contributed by atoms with van der Waals surface area (Å²) in [5.41, 5.74) is 10.9. The van der Waals surface area contributed by atoms with Gasteiger partial charge in [0.05, 0.1) is 0 Å². The number of nitrogens with two attached hydrogens (primary N) is 2. The van der Waals surface area contributed by atoms with Crippen LogP contribution < -0.4 is 21.7 Å². The van der Waals surface area contributed by atoms with Crippen molar-refractivity contribution >= 4 is 34.1 Å². The molecule has 21 heavy (non-hydrogen) atoms. The van der Waals surface area contributed by atoms with E-state index in [4.69, 9.17) is 11.5 Å². The number of hydrogen-bond donors (Lipinski definition) is 3. The lowest BCUT2D eigenvalue weighted by molar-refractivity contribution is -0.119. The SMILES string of the molecule is CC(NC(=O)c1sc(N2CCN(C)CC2)nc1N)C(N)=O. The minimum Gasteiger partial charge on any atom is -0.382 e. The van der Waals surface area contributed by atoms with Crippen molar-refractivity contribution in [3.05, 3.63) is 4.88 Å². The number of carbonyl (C=O) groups excluding carboxylic acids is 2. The van der Waals surface area contributed by atoms with Gasteiger partial charge in [-0.2, -0.15) is 0 Å². The first-order valence-corrected chi connectivity index (χ1v) is 7.50. The Morgan fingerprint density at radius 1 is 1.33 bits per heavy atom. The molecule has 1 saturated heterocycles. The standard InChI is InChI=1S/C12H20N6O2S/c1-7(10(14)19)15-11(20)8-9(13)16-12(21-8)18-5-3-17(2)4-6-18/h7H,3-6,13H2,1-2H3,(H2,14,19)(H,15,20). The number of piperazine rings is 1. The summed E-state index contributed by atoms with van der Waals surface area (Å²) in [7, 11) is 2.07. The highest BCUT2D eigenvalue weighted by atomic mass is 32.1. The van der Waals surface area contributed by atoms with E-state index in [1.54, 1.807) is 0 Å². The Morgan fingerprint density at radius 2 is 1.95 bits per heavy atom. The van der Waals surface area contributed by atoms with Crippen LogP contribution >= 0.6 is 11.3 Å². The zero-order chi connectivity index (χ0) is 15.6. The highest BCUT2D eigenvalue weighted by molar-refractivity contribution is 7.18. The van der Waals surface area contributed by atoms with Crippen LogP contribution in [-0.2, 0) is 4.79 Å². The minimum absolute atomic E-state index is 0.183. The van der Waals surface area contributed by atoms with Gasteiger partial charge in [0, 0.05) is 26.2 Å². The number of thiazole rings is 1. The molecule has 1 fully saturated rings. The van der Waals surface area contributed by atoms with Crippen LogP contribution in [0.15, 0.2) is 0 Å². The van der Waals surface area contributed by atoms with Crippen LogP contribution in [0.2, 0.25) is 0 Å². The predicted octanol–water partition coefficient (Wildman–Crippen LogP) is -0.919. The predicted molar refractivity (Wildman–Crippen MR) is 82.4 cm³/mol. The second kappa shape index (κ2) is 6.27. The number of nitrogens with one attached hydrogen (secondary N) is 1. The Labute approximate surface area is 127 Å². The van der Waals surface area contributed by atoms with E-state index in [9.17, 15) is 9.59 Å². The van der Waals surface area contributed by atoms with Crippen LogP contribution in [-0.4, -0.2) is 61.0 Å². The van der Waals surface area contributed by atoms with Gasteiger partial charge in [-0.05, 0) is 14.0 Å². The molecule has 0 saturated carbocycles. The number of nitrogen functional groups attached to an aromatic ring is 1. The maximum absolute atomic E-state index is 12.1. The van der Waals surface area contributed by atoms with Crippen molar-refractivity contribution in [2.24, 2.45) is 5.73 Å². The molecule has 1 aromatic rings. The molecule has 0 aromatic carbocycles. The quantitative estimate of drug-likeness (QED) is 0.662. The lowest BCUT2D eigenvalue weighted by Crippen LogP contribution is -2.44. The molecular weight excluding hydrogens is 292 g/mol. The van der Waals surface area contributed by atoms with Gasteiger partial charge < -0.3 is 26.6 Å². The normalized spacial score (nSPS) is 17.5. The largest absolute Gasteiger partial charge is 0.382 e. The van der Waals surface area contributed by atoms with Crippen molar-refractivity contribution in [1.29, 1.82) is 0 Å². The second-order valence-electron chi connectivity index (χ2n) is 5.10. The number of likely N-dealkylation sites (N-methyl/N-ethyl adjacent to an activating group) is 1. The summed E-state index contributed by atoms with van der Waals surface area (Å²) < 4.78 is 0. The molecule has 5 N–H and O–H groups in total. The Bertz CT molecular complexity index is 538. The number of aromatic nitrogens is 1. The van der Waals surface area contributed by atoms with E-state index in [2.05, 4.69) is 27.1 Å². The Hall–Kier alpha value is -1.87. The molecule has 2 rings (SSSR count). The second-order valence-corrected chi connectivity index (χ2v) is 6.08. The van der Waals surface area contributed by atoms with Gasteiger partial charge in [-0.3, -0.25) is 9.59 Å². The third-order valence-corrected chi connectivity index (χ3v) is 4.53. The summed E-state index contributed by atoms with van der Waals surface area (Å²) in [6, 6.07) is -0.744. The van der Waals surface area contributed by atoms with Crippen LogP contribution in [0.1, 0.15) is 16.6 Å². The molecular formula is C12H20N6O2S. The van der Waals surface area contributed by atoms with Gasteiger partial charge in [0.25, 0.3) is 5.91 Å². The Kier molecular flexibility index (Phi) is 4.63. The molecule has 0 aliphatic carbocycles. The highest BCUT2D eigenvalue weighted by Gasteiger charge is 2.23. The zero-order valence-corrected chi connectivity index (χ0v) is 12.9. The van der Waals surface area contributed by atoms with Crippen LogP contribution in [0.3, 0.4) is 0 Å². The van der Waals surface area contributed by atoms with E-state index in [0.29, 0.717) is 4.88 Å². The van der Waals surface area contributed by atoms with Crippen molar-refractivity contribution in [2.45, 2.75) is 13.0 Å². The van der Waals surface area contributed by atoms with E-state index in [1.807, 2.05) is 0 Å². The van der Waals surface area contributed by atoms with Crippen LogP contribution in [0.5, 0.6) is 0 Å². The van der Waals surface area contributed by atoms with Crippen molar-refractivity contribution in [3.8, 4) is 0 Å². The summed E-state index contributed by atoms with van der Waals surface area (Å²) in [6.45, 7) is 5.11. The third kappa shape index (κ3) is 3.61. The average Bonchev–Trinajstić information content (AvgIpc) is 2.81. The fourth-order valence-electron chi connectivity index (χ4n) is 1.95. The third-order valence-electron chi connectivity index (χ3n) is 3.40. The van der Waals surface area contributed by atoms with Gasteiger partial charge in [0.15, 0.2) is 5.13 Å². The summed E-state index contributed by atoms with van der Waals surface area (Å²) in [5.74, 6) is -0.828. The number of hydrogen-bond acceptors (Lipinski definition) is 7. The van der Waals surface area contributed by atoms with E-state index in [0.717, 1.165) is 31.3 Å². The summed E-state index contributed by atoms with van der Waals surface area (Å²) in [6.07, 6.45) is 0. The van der Waals surface area contributed by atoms with Crippen molar-refractivity contribution < 1.29 is 9.59 Å². The monoisotopic (exact) mass is 312 g/mol. The number of amides is 2. The molecule has 1 aliphatic rings. The molecule has 1 atom stereocenters. The van der Waals surface area contributed by atoms with Crippen molar-refractivity contribution in [1.82, 2.24) is 15.2 Å². The highest BCUT2D eigenvalue weighted by Crippen LogP contribution is 2.28. The maximum atomic E-state index is 12.1. The maximum Gasteiger partial charge on any atom is 0.265 e. The van der Waals surface area contributed by atoms with Crippen LogP contribution in [0.25, 0.3) is 0 Å². The first kappa shape index (κ1) is 15.5. The first-order chi connectivity index (χ1) is 9.88. The van der Waals surface area contributed by atoms with Gasteiger partial charge >= 0.3 is 0 Å². The van der Waals surface area contributed by atoms with Crippen molar-refractivity contribution in [3.63, 3.8) is 0 Å². The number of primary amides is 1. The lowest BCUT2D eigenvalue weighted by Gasteiger charge is -2.31. The number of carbonyl (C=O) groups is 2. The topological polar surface area (TPSA) is 118 Å². The van der Waals surface area contributed by atoms with Crippen molar-refractivity contribution in [2.75, 3.05) is 43.9 Å². The fraction of sp³-hybridized carbons (Fsp3) is 0.583. The zero-order valence-electron chi connectivity index (χ0n) is 12.1. The number of anilines is 2. The van der Waals surface area contributed by atoms with Gasteiger partial charge in [0.2, 0.25) is 5.91 Å². The Morgan fingerprint density at radius 3 is 2.52 bits per heavy atom. The first-order valence-electron chi connectivity index (χ1n) is 6.68. The van der Waals surface area contributed by atoms with Crippen LogP contribution in [0.4, 0.5) is 10.9 Å². The molecule has 1 unspecified atom stereocenters. The van der Waals surface area contributed by atoms with Gasteiger partial charge in [0.1, 0.15) is 16.7 Å². The van der Waals surface area contributed by atoms with E-state index >= 15 is 0 Å². The summed E-state index contributed by atoms with van der Waals surface area (Å²) in [4.78, 5) is 32.0. The fourth-order valence-corrected chi connectivity index (χ4v) is 2.89. The number of nitrogens with zero attached hydrogens (tertiary/aromatic N) is 3. The van der Waals surface area contributed by atoms with Crippen LogP contribution in [0, 0.1) is 0 Å². The molecule has 1 aliphatic heterocycles. The molecule has 1 aromatic heterocycles. The minimum atomic E-state index is -0.744. The van der Waals surface area contributed by atoms with Gasteiger partial charge in [-0.15, -0.1) is 0 Å². The Balaban J connectivity index is 2.08. The lowest BCUT2D eigenvalue weighted by atomic mass is 10.3. The van der Waals surface area contributed by atoms with Gasteiger partial charge in [-0.25, -0.2) is 4.98 Å². The summed E-state index contributed by atoms with van der Waals surface area (Å²) in [5, 5.41) is 3.24. The van der Waals surface area contributed by atoms with Gasteiger partial charge in [-0.1, -0.05) is 11.3 Å². The summed E-state index contributed by atoms with van der Waals surface area (Å²) >= 11 is 1.24. The molecule has 116 valence electrons. The molecule has 0 radical (unpaired) electrons. The number of rotatable bonds is 4. The molecule has 0 spiro atoms. The molecule has 9 heteroatoms. The van der Waals surface area contributed by atoms with E-state index < -0.39 is 17.9 Å². The smallest absolute Gasteiger partial charge is 0.265 e. The van der Waals surface area contributed by atoms with E-state index in [1.165, 1.54) is 18.3 Å². The molecule has 8 nitrogen and oxygen atoms in total. The molecule has 2 amide bonds. The average molecular weight is 312 g/mol. The molecule has 0 bridgehead atoms. The van der Waals surface area contributed by atoms with E-state index in [-0.39, 0.29) is 5.82 Å².